The zero-order chi connectivity index (χ0) is 22.3. The van der Waals surface area contributed by atoms with E-state index >= 15 is 0 Å². The van der Waals surface area contributed by atoms with E-state index in [4.69, 9.17) is 33.7 Å². The molecule has 8 heteroatoms. The normalized spacial score (nSPS) is 11.1. The molecule has 0 fully saturated rings. The first kappa shape index (κ1) is 23.6. The zero-order valence-electron chi connectivity index (χ0n) is 16.1. The van der Waals surface area contributed by atoms with Crippen molar-refractivity contribution in [1.29, 1.82) is 0 Å². The van der Waals surface area contributed by atoms with Crippen LogP contribution in [0.15, 0.2) is 66.7 Å². The van der Waals surface area contributed by atoms with E-state index in [0.29, 0.717) is 22.2 Å². The van der Waals surface area contributed by atoms with E-state index < -0.39 is 11.1 Å². The highest BCUT2D eigenvalue weighted by Gasteiger charge is 2.06. The van der Waals surface area contributed by atoms with Crippen molar-refractivity contribution in [2.45, 2.75) is 11.8 Å². The number of hydrogen-bond acceptors (Lipinski definition) is 5. The predicted octanol–water partition coefficient (Wildman–Crippen LogP) is 6.28. The summed E-state index contributed by atoms with van der Waals surface area (Å²) >= 11 is 9.45. The molecule has 0 spiro atoms. The molecule has 0 aliphatic heterocycles. The van der Waals surface area contributed by atoms with Crippen LogP contribution in [-0.2, 0) is 11.1 Å². The summed E-state index contributed by atoms with van der Waals surface area (Å²) in [7, 11) is 0. The summed E-state index contributed by atoms with van der Waals surface area (Å²) in [5.41, 5.74) is 8.77. The molecule has 5 nitrogen and oxygen atoms in total. The summed E-state index contributed by atoms with van der Waals surface area (Å²) < 4.78 is 26.6. The molecule has 30 heavy (non-hydrogen) atoms. The van der Waals surface area contributed by atoms with Crippen molar-refractivity contribution in [2.24, 2.45) is 0 Å². The summed E-state index contributed by atoms with van der Waals surface area (Å²) in [5.74, 6) is 1.10. The van der Waals surface area contributed by atoms with E-state index in [1.165, 1.54) is 6.07 Å². The first-order chi connectivity index (χ1) is 14.2. The van der Waals surface area contributed by atoms with Gasteiger partial charge in [-0.1, -0.05) is 48.5 Å². The van der Waals surface area contributed by atoms with E-state index in [-0.39, 0.29) is 9.92 Å². The van der Waals surface area contributed by atoms with Crippen molar-refractivity contribution < 1.29 is 13.5 Å². The lowest BCUT2D eigenvalue weighted by molar-refractivity contribution is 0.480. The first-order valence-corrected chi connectivity index (χ1v) is 10.4. The Morgan fingerprint density at radius 3 is 2.40 bits per heavy atom. The van der Waals surface area contributed by atoms with Gasteiger partial charge in [-0.25, -0.2) is 0 Å². The maximum absolute atomic E-state index is 10.4. The van der Waals surface area contributed by atoms with Crippen LogP contribution in [-0.4, -0.2) is 13.7 Å². The molecule has 0 aliphatic rings. The van der Waals surface area contributed by atoms with Gasteiger partial charge < -0.3 is 15.0 Å². The number of nitrogens with zero attached hydrogens (tertiary/aromatic N) is 1. The van der Waals surface area contributed by atoms with Crippen LogP contribution in [0.3, 0.4) is 0 Å². The third-order valence-electron chi connectivity index (χ3n) is 3.79. The smallest absolute Gasteiger partial charge is 0.146 e. The molecule has 156 valence electrons. The van der Waals surface area contributed by atoms with Gasteiger partial charge in [-0.05, 0) is 66.0 Å². The van der Waals surface area contributed by atoms with Crippen molar-refractivity contribution in [3.63, 3.8) is 0 Å². The summed E-state index contributed by atoms with van der Waals surface area (Å²) in [6.07, 6.45) is 4.97. The number of rotatable bonds is 5. The summed E-state index contributed by atoms with van der Waals surface area (Å²) in [4.78, 5) is 4.38. The van der Waals surface area contributed by atoms with Crippen LogP contribution in [0.4, 0.5) is 5.69 Å². The molecule has 0 radical (unpaired) electrons. The molecule has 0 saturated carbocycles. The Hall–Kier alpha value is -2.64. The fourth-order valence-electron chi connectivity index (χ4n) is 2.33. The highest BCUT2D eigenvalue weighted by atomic mass is 35.5. The number of hydrogen-bond donors (Lipinski definition) is 1. The largest absolute Gasteiger partial charge is 0.768 e. The van der Waals surface area contributed by atoms with Gasteiger partial charge in [-0.3, -0.25) is 9.19 Å². The van der Waals surface area contributed by atoms with Crippen LogP contribution in [0.25, 0.3) is 12.2 Å². The summed E-state index contributed by atoms with van der Waals surface area (Å²) in [5, 5.41) is 0.728. The molecule has 0 amide bonds. The first-order valence-electron chi connectivity index (χ1n) is 8.58. The van der Waals surface area contributed by atoms with Gasteiger partial charge in [0.1, 0.15) is 11.5 Å². The molecule has 0 saturated heterocycles. The van der Waals surface area contributed by atoms with Crippen molar-refractivity contribution in [2.75, 3.05) is 5.73 Å². The second kappa shape index (κ2) is 10.9. The number of ether oxygens (including phenoxy) is 1. The minimum absolute atomic E-state index is 0.150. The summed E-state index contributed by atoms with van der Waals surface area (Å²) in [6, 6.07) is 11.7. The van der Waals surface area contributed by atoms with E-state index in [9.17, 15) is 8.76 Å². The molecule has 2 N–H and O–H groups in total. The van der Waals surface area contributed by atoms with Crippen LogP contribution in [0.1, 0.15) is 16.8 Å². The van der Waals surface area contributed by atoms with Gasteiger partial charge in [-0.2, -0.15) is 0 Å². The van der Waals surface area contributed by atoms with Crippen molar-refractivity contribution >= 4 is 52.1 Å². The van der Waals surface area contributed by atoms with Gasteiger partial charge in [0.2, 0.25) is 0 Å². The van der Waals surface area contributed by atoms with Crippen molar-refractivity contribution in [3.05, 3.63) is 88.7 Å². The lowest BCUT2D eigenvalue weighted by Crippen LogP contribution is -1.92. The number of nitrogens with two attached hydrogens (primary N) is 1. The van der Waals surface area contributed by atoms with E-state index in [2.05, 4.69) is 18.1 Å². The molecule has 2 aromatic carbocycles. The van der Waals surface area contributed by atoms with E-state index in [1.807, 2.05) is 13.0 Å². The molecule has 1 heterocycles. The Balaban J connectivity index is 0.000000248. The molecule has 0 bridgehead atoms. The highest BCUT2D eigenvalue weighted by Crippen LogP contribution is 2.31. The fourth-order valence-corrected chi connectivity index (χ4v) is 3.38. The second-order valence-electron chi connectivity index (χ2n) is 6.01. The lowest BCUT2D eigenvalue weighted by atomic mass is 10.2. The average Bonchev–Trinajstić information content (AvgIpc) is 2.70. The molecule has 3 aromatic rings. The average molecular weight is 462 g/mol. The van der Waals surface area contributed by atoms with Gasteiger partial charge in [0.05, 0.1) is 21.9 Å². The predicted molar refractivity (Wildman–Crippen MR) is 124 cm³/mol. The quantitative estimate of drug-likeness (QED) is 0.356. The van der Waals surface area contributed by atoms with Crippen molar-refractivity contribution in [1.82, 2.24) is 4.98 Å². The Kier molecular flexibility index (Phi) is 8.62. The second-order valence-corrected chi connectivity index (χ2v) is 7.74. The molecule has 0 aliphatic carbocycles. The number of aromatic nitrogens is 1. The zero-order valence-corrected chi connectivity index (χ0v) is 18.4. The molecule has 1 aromatic heterocycles. The summed E-state index contributed by atoms with van der Waals surface area (Å²) in [6.45, 7) is 9.27. The topological polar surface area (TPSA) is 88.3 Å². The Labute approximate surface area is 188 Å². The van der Waals surface area contributed by atoms with Crippen molar-refractivity contribution in [3.8, 4) is 11.5 Å². The number of nitrogen functional groups attached to an aromatic ring is 1. The molecule has 1 atom stereocenters. The van der Waals surface area contributed by atoms with Crippen LogP contribution >= 0.6 is 23.2 Å². The lowest BCUT2D eigenvalue weighted by Gasteiger charge is -2.09. The Morgan fingerprint density at radius 2 is 1.83 bits per heavy atom. The van der Waals surface area contributed by atoms with Gasteiger partial charge in [0, 0.05) is 16.1 Å². The van der Waals surface area contributed by atoms with E-state index in [0.717, 1.165) is 16.8 Å². The molecule has 1 unspecified atom stereocenters. The van der Waals surface area contributed by atoms with Crippen LogP contribution in [0.5, 0.6) is 11.5 Å². The number of aryl methyl sites for hydroxylation is 1. The van der Waals surface area contributed by atoms with E-state index in [1.54, 1.807) is 48.7 Å². The maximum Gasteiger partial charge on any atom is 0.146 e. The third kappa shape index (κ3) is 6.43. The highest BCUT2D eigenvalue weighted by molar-refractivity contribution is 7.79. The van der Waals surface area contributed by atoms with Gasteiger partial charge in [0.25, 0.3) is 0 Å². The van der Waals surface area contributed by atoms with Crippen LogP contribution in [0, 0.1) is 6.92 Å². The van der Waals surface area contributed by atoms with Gasteiger partial charge in [0.15, 0.2) is 0 Å². The molecular formula is C22H19Cl2N2O3S-. The molecular weight excluding hydrogens is 443 g/mol. The Bertz CT molecular complexity index is 1100. The van der Waals surface area contributed by atoms with Gasteiger partial charge >= 0.3 is 0 Å². The Morgan fingerprint density at radius 1 is 1.10 bits per heavy atom. The monoisotopic (exact) mass is 461 g/mol. The van der Waals surface area contributed by atoms with Crippen LogP contribution in [0.2, 0.25) is 10.0 Å². The number of benzene rings is 2. The SMILES string of the molecule is C=Cc1cc(Oc2ccc(N)cc2Cl)cnc1C=C.Cc1ccc(S(=O)[O-])c(Cl)c1. The molecule has 3 rings (SSSR count). The number of halogens is 2. The number of pyridine rings is 1. The van der Waals surface area contributed by atoms with Gasteiger partial charge in [-0.15, -0.1) is 0 Å². The van der Waals surface area contributed by atoms with Crippen LogP contribution < -0.4 is 10.5 Å². The minimum Gasteiger partial charge on any atom is -0.768 e. The standard InChI is InChI=1S/C15H13ClN2O.C7H7ClO2S/c1-3-10-7-12(9-18-14(10)4-2)19-15-6-5-11(17)8-13(15)16;1-5-2-3-7(11(9)10)6(8)4-5/h3-9H,1-2,17H2;2-4H,1H3,(H,9,10)/p-1. The maximum atomic E-state index is 10.4. The fraction of sp³-hybridized carbons (Fsp3) is 0.0455. The number of anilines is 1. The third-order valence-corrected chi connectivity index (χ3v) is 5.22. The minimum atomic E-state index is -2.23.